The highest BCUT2D eigenvalue weighted by molar-refractivity contribution is 9.10. The molecule has 9 heteroatoms. The maximum absolute atomic E-state index is 5.75. The van der Waals surface area contributed by atoms with Crippen molar-refractivity contribution in [3.63, 3.8) is 0 Å². The van der Waals surface area contributed by atoms with E-state index in [1.165, 1.54) is 0 Å². The van der Waals surface area contributed by atoms with Gasteiger partial charge in [0, 0.05) is 34.0 Å². The van der Waals surface area contributed by atoms with E-state index in [4.69, 9.17) is 28.9 Å². The molecule has 0 saturated heterocycles. The zero-order valence-electron chi connectivity index (χ0n) is 23.4. The third kappa shape index (κ3) is 5.38. The maximum atomic E-state index is 5.75. The highest BCUT2D eigenvalue weighted by Crippen LogP contribution is 2.37. The third-order valence-electron chi connectivity index (χ3n) is 6.96. The molecule has 3 aromatic carbocycles. The molecule has 8 nitrogen and oxygen atoms in total. The van der Waals surface area contributed by atoms with Crippen molar-refractivity contribution in [2.24, 2.45) is 0 Å². The number of aromatic nitrogens is 3. The second kappa shape index (κ2) is 12.0. The fourth-order valence-corrected chi connectivity index (χ4v) is 5.22. The molecule has 2 heterocycles. The molecule has 1 N–H and O–H groups in total. The van der Waals surface area contributed by atoms with E-state index in [0.717, 1.165) is 74.2 Å². The van der Waals surface area contributed by atoms with Gasteiger partial charge in [-0.05, 0) is 48.9 Å². The number of ether oxygens (including phenoxy) is 4. The molecule has 2 aromatic heterocycles. The third-order valence-corrected chi connectivity index (χ3v) is 7.45. The number of anilines is 2. The predicted molar refractivity (Wildman–Crippen MR) is 163 cm³/mol. The Labute approximate surface area is 242 Å². The van der Waals surface area contributed by atoms with Gasteiger partial charge in [0.2, 0.25) is 0 Å². The minimum atomic E-state index is 0.586. The van der Waals surface area contributed by atoms with Crippen molar-refractivity contribution in [3.8, 4) is 23.0 Å². The van der Waals surface area contributed by atoms with Crippen LogP contribution in [0.2, 0.25) is 0 Å². The molecule has 0 aliphatic rings. The maximum Gasteiger partial charge on any atom is 0.159 e. The Balaban J connectivity index is 1.74. The molecule has 0 aliphatic carbocycles. The molecule has 0 spiro atoms. The van der Waals surface area contributed by atoms with Crippen LogP contribution in [0.1, 0.15) is 31.2 Å². The van der Waals surface area contributed by atoms with Crippen molar-refractivity contribution in [1.82, 2.24) is 14.5 Å². The minimum Gasteiger partial charge on any atom is -0.497 e. The summed E-state index contributed by atoms with van der Waals surface area (Å²) in [5.41, 5.74) is 4.46. The summed E-state index contributed by atoms with van der Waals surface area (Å²) in [6.45, 7) is 2.78. The van der Waals surface area contributed by atoms with E-state index >= 15 is 0 Å². The van der Waals surface area contributed by atoms with Crippen LogP contribution in [-0.4, -0.2) is 43.0 Å². The number of imidazole rings is 1. The van der Waals surface area contributed by atoms with Crippen molar-refractivity contribution >= 4 is 49.4 Å². The molecule has 0 unspecified atom stereocenters. The van der Waals surface area contributed by atoms with Crippen molar-refractivity contribution in [2.75, 3.05) is 33.8 Å². The number of fused-ring (bicyclic) bond motifs is 3. The van der Waals surface area contributed by atoms with E-state index in [2.05, 4.69) is 44.9 Å². The number of aryl methyl sites for hydroxylation is 1. The molecule has 0 bridgehead atoms. The van der Waals surface area contributed by atoms with Crippen LogP contribution in [0.25, 0.3) is 21.9 Å². The van der Waals surface area contributed by atoms with Gasteiger partial charge in [-0.15, -0.1) is 0 Å². The van der Waals surface area contributed by atoms with Crippen LogP contribution in [0.4, 0.5) is 11.5 Å². The Bertz CT molecular complexity index is 1670. The summed E-state index contributed by atoms with van der Waals surface area (Å²) >= 11 is 3.63. The Hall–Kier alpha value is -3.98. The first-order valence-corrected chi connectivity index (χ1v) is 14.0. The molecule has 0 saturated carbocycles. The number of hydrogen-bond acceptors (Lipinski definition) is 7. The molecule has 0 atom stereocenters. The van der Waals surface area contributed by atoms with Gasteiger partial charge in [-0.2, -0.15) is 0 Å². The van der Waals surface area contributed by atoms with Gasteiger partial charge in [-0.3, -0.25) is 0 Å². The number of nitrogens with zero attached hydrogens (tertiary/aromatic N) is 3. The smallest absolute Gasteiger partial charge is 0.159 e. The van der Waals surface area contributed by atoms with Crippen LogP contribution in [0.3, 0.4) is 0 Å². The molecule has 0 aliphatic heterocycles. The number of pyridine rings is 1. The van der Waals surface area contributed by atoms with Crippen LogP contribution in [-0.2, 0) is 13.0 Å². The van der Waals surface area contributed by atoms with Crippen molar-refractivity contribution in [2.45, 2.75) is 32.7 Å². The van der Waals surface area contributed by atoms with Crippen molar-refractivity contribution in [1.29, 1.82) is 0 Å². The van der Waals surface area contributed by atoms with Crippen LogP contribution in [0.15, 0.2) is 59.1 Å². The van der Waals surface area contributed by atoms with Crippen LogP contribution < -0.4 is 24.3 Å². The molecular weight excluding hydrogens is 572 g/mol. The largest absolute Gasteiger partial charge is 0.497 e. The summed E-state index contributed by atoms with van der Waals surface area (Å²) in [4.78, 5) is 10.2. The van der Waals surface area contributed by atoms with E-state index in [1.54, 1.807) is 28.4 Å². The zero-order valence-corrected chi connectivity index (χ0v) is 25.0. The lowest BCUT2D eigenvalue weighted by Crippen LogP contribution is -2.07. The van der Waals surface area contributed by atoms with Gasteiger partial charge >= 0.3 is 0 Å². The Morgan fingerprint density at radius 3 is 2.25 bits per heavy atom. The Morgan fingerprint density at radius 1 is 0.825 bits per heavy atom. The van der Waals surface area contributed by atoms with Gasteiger partial charge in [-0.1, -0.05) is 29.3 Å². The SMILES string of the molecule is CCCCc1nc2c(Nc3ccc(OC)cc3OC)nc3cc(Br)ccc3c2n1Cc1ccc(OC)cc1OC. The van der Waals surface area contributed by atoms with Crippen LogP contribution in [0, 0.1) is 0 Å². The van der Waals surface area contributed by atoms with Crippen molar-refractivity contribution in [3.05, 3.63) is 70.5 Å². The number of hydrogen-bond donors (Lipinski definition) is 1. The normalized spacial score (nSPS) is 11.2. The summed E-state index contributed by atoms with van der Waals surface area (Å²) in [5, 5.41) is 4.52. The number of benzene rings is 3. The summed E-state index contributed by atoms with van der Waals surface area (Å²) in [7, 11) is 6.62. The summed E-state index contributed by atoms with van der Waals surface area (Å²) in [6, 6.07) is 17.8. The fourth-order valence-electron chi connectivity index (χ4n) is 4.87. The second-order valence-electron chi connectivity index (χ2n) is 9.41. The number of methoxy groups -OCH3 is 4. The highest BCUT2D eigenvalue weighted by atomic mass is 79.9. The van der Waals surface area contributed by atoms with E-state index in [1.807, 2.05) is 42.5 Å². The Kier molecular flexibility index (Phi) is 8.30. The first-order chi connectivity index (χ1) is 19.5. The van der Waals surface area contributed by atoms with Crippen LogP contribution in [0.5, 0.6) is 23.0 Å². The van der Waals surface area contributed by atoms with Gasteiger partial charge in [0.25, 0.3) is 0 Å². The van der Waals surface area contributed by atoms with E-state index in [0.29, 0.717) is 23.9 Å². The Morgan fingerprint density at radius 2 is 1.55 bits per heavy atom. The number of unbranched alkanes of at least 4 members (excludes halogenated alkanes) is 1. The molecule has 208 valence electrons. The van der Waals surface area contributed by atoms with Crippen molar-refractivity contribution < 1.29 is 18.9 Å². The quantitative estimate of drug-likeness (QED) is 0.167. The number of nitrogens with one attached hydrogen (secondary N) is 1. The predicted octanol–water partition coefficient (Wildman–Crippen LogP) is 7.52. The van der Waals surface area contributed by atoms with Gasteiger partial charge in [0.1, 0.15) is 34.3 Å². The first kappa shape index (κ1) is 27.6. The summed E-state index contributed by atoms with van der Waals surface area (Å²) in [6.07, 6.45) is 2.93. The number of halogens is 1. The average molecular weight is 606 g/mol. The highest BCUT2D eigenvalue weighted by Gasteiger charge is 2.21. The summed E-state index contributed by atoms with van der Waals surface area (Å²) in [5.74, 6) is 4.53. The lowest BCUT2D eigenvalue weighted by Gasteiger charge is -2.16. The molecular formula is C31H33BrN4O4. The minimum absolute atomic E-state index is 0.586. The molecule has 0 radical (unpaired) electrons. The molecule has 5 aromatic rings. The molecule has 0 fully saturated rings. The number of rotatable bonds is 11. The molecule has 5 rings (SSSR count). The van der Waals surface area contributed by atoms with Gasteiger partial charge in [-0.25, -0.2) is 9.97 Å². The lowest BCUT2D eigenvalue weighted by molar-refractivity contribution is 0.390. The summed E-state index contributed by atoms with van der Waals surface area (Å²) < 4.78 is 25.5. The van der Waals surface area contributed by atoms with Gasteiger partial charge < -0.3 is 28.8 Å². The van der Waals surface area contributed by atoms with Gasteiger partial charge in [0.05, 0.1) is 51.7 Å². The van der Waals surface area contributed by atoms with Crippen LogP contribution >= 0.6 is 15.9 Å². The van der Waals surface area contributed by atoms with E-state index in [9.17, 15) is 0 Å². The van der Waals surface area contributed by atoms with E-state index < -0.39 is 0 Å². The topological polar surface area (TPSA) is 79.7 Å². The second-order valence-corrected chi connectivity index (χ2v) is 10.3. The zero-order chi connectivity index (χ0) is 28.2. The first-order valence-electron chi connectivity index (χ1n) is 13.2. The molecule has 40 heavy (non-hydrogen) atoms. The average Bonchev–Trinajstić information content (AvgIpc) is 3.34. The molecule has 0 amide bonds. The van der Waals surface area contributed by atoms with Gasteiger partial charge in [0.15, 0.2) is 5.82 Å². The van der Waals surface area contributed by atoms with E-state index in [-0.39, 0.29) is 0 Å². The monoisotopic (exact) mass is 604 g/mol. The standard InChI is InChI=1S/C31H33BrN4O4/c1-6-7-8-28-35-29-30(36(28)18-19-9-11-21(37-2)16-26(19)39-4)23-13-10-20(32)15-25(23)34-31(29)33-24-14-12-22(38-3)17-27(24)40-5/h9-17H,6-8,18H2,1-5H3,(H,33,34). The fraction of sp³-hybridized carbons (Fsp3) is 0.290. The lowest BCUT2D eigenvalue weighted by atomic mass is 10.1.